The van der Waals surface area contributed by atoms with Crippen LogP contribution in [0.2, 0.25) is 0 Å². The first kappa shape index (κ1) is 17.5. The van der Waals surface area contributed by atoms with Gasteiger partial charge in [-0.1, -0.05) is 72.8 Å². The van der Waals surface area contributed by atoms with E-state index in [1.54, 1.807) is 0 Å². The van der Waals surface area contributed by atoms with Gasteiger partial charge in [0.1, 0.15) is 0 Å². The molecule has 0 unspecified atom stereocenters. The first-order chi connectivity index (χ1) is 13.6. The summed E-state index contributed by atoms with van der Waals surface area (Å²) in [6, 6.07) is 26.4. The third kappa shape index (κ3) is 3.01. The highest BCUT2D eigenvalue weighted by Gasteiger charge is 2.11. The van der Waals surface area contributed by atoms with Gasteiger partial charge in [-0.05, 0) is 43.1 Å². The van der Waals surface area contributed by atoms with Crippen LogP contribution in [-0.2, 0) is 9.59 Å². The van der Waals surface area contributed by atoms with Crippen molar-refractivity contribution < 1.29 is 19.8 Å². The van der Waals surface area contributed by atoms with Crippen molar-refractivity contribution in [1.82, 2.24) is 0 Å². The van der Waals surface area contributed by atoms with Crippen LogP contribution < -0.4 is 0 Å². The molecule has 4 nitrogen and oxygen atoms in total. The number of carboxylic acid groups (broad SMARTS) is 2. The van der Waals surface area contributed by atoms with E-state index in [1.165, 1.54) is 43.1 Å². The molecule has 0 amide bonds. The summed E-state index contributed by atoms with van der Waals surface area (Å²) >= 11 is 0. The van der Waals surface area contributed by atoms with Crippen molar-refractivity contribution in [2.24, 2.45) is 0 Å². The Balaban J connectivity index is 0.000000208. The number of carbonyl (C=O) groups is 2. The van der Waals surface area contributed by atoms with Gasteiger partial charge < -0.3 is 10.2 Å². The number of carboxylic acids is 2. The Morgan fingerprint density at radius 3 is 1.07 bits per heavy atom. The van der Waals surface area contributed by atoms with E-state index in [0.717, 1.165) is 0 Å². The molecule has 0 spiro atoms. The van der Waals surface area contributed by atoms with Crippen LogP contribution in [0.25, 0.3) is 43.1 Å². The lowest BCUT2D eigenvalue weighted by molar-refractivity contribution is -0.134. The molecule has 5 aromatic rings. The van der Waals surface area contributed by atoms with Crippen molar-refractivity contribution in [1.29, 1.82) is 0 Å². The molecule has 4 heteroatoms. The van der Waals surface area contributed by atoms with Gasteiger partial charge >= 0.3 is 11.9 Å². The molecule has 0 aromatic heterocycles. The average molecular weight is 368 g/mol. The van der Waals surface area contributed by atoms with Crippen LogP contribution in [0, 0.1) is 0 Å². The molecule has 0 saturated carbocycles. The summed E-state index contributed by atoms with van der Waals surface area (Å²) in [5.41, 5.74) is 0. The van der Waals surface area contributed by atoms with Gasteiger partial charge in [0.2, 0.25) is 0 Å². The van der Waals surface area contributed by atoms with Gasteiger partial charge in [0.25, 0.3) is 0 Å². The highest BCUT2D eigenvalue weighted by Crippen LogP contribution is 2.39. The van der Waals surface area contributed by atoms with Crippen LogP contribution >= 0.6 is 0 Å². The SMILES string of the molecule is O=C(O)/C=C\C(=O)O.c1cc2cccc3c4cccc5cccc(c(c1)c23)c54. The highest BCUT2D eigenvalue weighted by molar-refractivity contribution is 6.32. The molecule has 136 valence electrons. The van der Waals surface area contributed by atoms with Crippen LogP contribution in [0.15, 0.2) is 84.9 Å². The van der Waals surface area contributed by atoms with Gasteiger partial charge in [-0.15, -0.1) is 0 Å². The minimum absolute atomic E-state index is 0.558. The monoisotopic (exact) mass is 368 g/mol. The van der Waals surface area contributed by atoms with Gasteiger partial charge in [-0.25, -0.2) is 9.59 Å². The molecule has 0 radical (unpaired) electrons. The van der Waals surface area contributed by atoms with E-state index in [4.69, 9.17) is 10.2 Å². The molecule has 0 fully saturated rings. The summed E-state index contributed by atoms with van der Waals surface area (Å²) in [6.07, 6.45) is 1.12. The minimum Gasteiger partial charge on any atom is -0.478 e. The second-order valence-electron chi connectivity index (χ2n) is 6.43. The Morgan fingerprint density at radius 1 is 0.536 bits per heavy atom. The normalized spacial score (nSPS) is 11.3. The zero-order valence-corrected chi connectivity index (χ0v) is 14.8. The molecule has 5 aromatic carbocycles. The largest absolute Gasteiger partial charge is 0.478 e. The summed E-state index contributed by atoms with van der Waals surface area (Å²) in [4.78, 5) is 19.1. The topological polar surface area (TPSA) is 74.6 Å². The fourth-order valence-corrected chi connectivity index (χ4v) is 3.72. The quantitative estimate of drug-likeness (QED) is 0.247. The van der Waals surface area contributed by atoms with E-state index in [1.807, 2.05) is 0 Å². The van der Waals surface area contributed by atoms with E-state index in [2.05, 4.69) is 72.8 Å². The standard InChI is InChI=1S/C20H12.C4H4O4/c1-5-13-6-2-11-17-18-12-4-8-14-7-3-10-16(20(14)18)15(9-1)19(13)17;5-3(6)1-2-4(7)8/h1-12H;1-2H,(H,5,6)(H,7,8)/b;2-1-. The lowest BCUT2D eigenvalue weighted by Crippen LogP contribution is -1.91. The number of hydrogen-bond donors (Lipinski definition) is 2. The molecule has 5 rings (SSSR count). The summed E-state index contributed by atoms with van der Waals surface area (Å²) < 4.78 is 0. The van der Waals surface area contributed by atoms with E-state index >= 15 is 0 Å². The van der Waals surface area contributed by atoms with E-state index in [0.29, 0.717) is 12.2 Å². The van der Waals surface area contributed by atoms with Crippen molar-refractivity contribution in [3.63, 3.8) is 0 Å². The zero-order valence-electron chi connectivity index (χ0n) is 14.8. The van der Waals surface area contributed by atoms with Crippen molar-refractivity contribution in [2.75, 3.05) is 0 Å². The van der Waals surface area contributed by atoms with Gasteiger partial charge in [0.15, 0.2) is 0 Å². The predicted molar refractivity (Wildman–Crippen MR) is 112 cm³/mol. The average Bonchev–Trinajstić information content (AvgIpc) is 2.70. The molecular formula is C24H16O4. The van der Waals surface area contributed by atoms with Crippen LogP contribution in [0.1, 0.15) is 0 Å². The van der Waals surface area contributed by atoms with Gasteiger partial charge in [0, 0.05) is 12.2 Å². The smallest absolute Gasteiger partial charge is 0.328 e. The third-order valence-electron chi connectivity index (χ3n) is 4.76. The Morgan fingerprint density at radius 2 is 0.821 bits per heavy atom. The molecule has 28 heavy (non-hydrogen) atoms. The first-order valence-corrected chi connectivity index (χ1v) is 8.74. The Bertz CT molecular complexity index is 1180. The second kappa shape index (κ2) is 7.00. The minimum atomic E-state index is -1.26. The summed E-state index contributed by atoms with van der Waals surface area (Å²) in [5.74, 6) is -2.51. The van der Waals surface area contributed by atoms with E-state index < -0.39 is 11.9 Å². The van der Waals surface area contributed by atoms with Crippen LogP contribution in [0.4, 0.5) is 0 Å². The van der Waals surface area contributed by atoms with Crippen molar-refractivity contribution in [2.45, 2.75) is 0 Å². The van der Waals surface area contributed by atoms with E-state index in [9.17, 15) is 9.59 Å². The Hall–Kier alpha value is -3.92. The molecule has 0 atom stereocenters. The molecule has 0 saturated heterocycles. The van der Waals surface area contributed by atoms with Crippen LogP contribution in [0.3, 0.4) is 0 Å². The molecule has 0 heterocycles. The number of rotatable bonds is 2. The third-order valence-corrected chi connectivity index (χ3v) is 4.76. The van der Waals surface area contributed by atoms with Crippen molar-refractivity contribution in [3.8, 4) is 0 Å². The summed E-state index contributed by atoms with van der Waals surface area (Å²) in [7, 11) is 0. The van der Waals surface area contributed by atoms with Crippen LogP contribution in [0.5, 0.6) is 0 Å². The van der Waals surface area contributed by atoms with Gasteiger partial charge in [-0.2, -0.15) is 0 Å². The number of fused-ring (bicyclic) bond motifs is 2. The summed E-state index contributed by atoms with van der Waals surface area (Å²) in [5, 5.41) is 26.5. The molecule has 0 aliphatic carbocycles. The molecule has 2 N–H and O–H groups in total. The Labute approximate surface area is 160 Å². The molecular weight excluding hydrogens is 352 g/mol. The molecule has 0 aliphatic heterocycles. The number of hydrogen-bond acceptors (Lipinski definition) is 2. The van der Waals surface area contributed by atoms with Crippen LogP contribution in [-0.4, -0.2) is 22.2 Å². The number of aliphatic carboxylic acids is 2. The second-order valence-corrected chi connectivity index (χ2v) is 6.43. The molecule has 0 bridgehead atoms. The highest BCUT2D eigenvalue weighted by atomic mass is 16.4. The maximum Gasteiger partial charge on any atom is 0.328 e. The van der Waals surface area contributed by atoms with Gasteiger partial charge in [0.05, 0.1) is 0 Å². The fourth-order valence-electron chi connectivity index (χ4n) is 3.72. The Kier molecular flexibility index (Phi) is 4.38. The number of benzene rings is 5. The fraction of sp³-hybridized carbons (Fsp3) is 0. The lowest BCUT2D eigenvalue weighted by Gasteiger charge is -2.13. The maximum absolute atomic E-state index is 9.55. The van der Waals surface area contributed by atoms with Gasteiger partial charge in [-0.3, -0.25) is 0 Å². The van der Waals surface area contributed by atoms with Crippen molar-refractivity contribution >= 4 is 55.0 Å². The van der Waals surface area contributed by atoms with E-state index in [-0.39, 0.29) is 0 Å². The van der Waals surface area contributed by atoms with Crippen molar-refractivity contribution in [3.05, 3.63) is 84.9 Å². The predicted octanol–water partition coefficient (Wildman–Crippen LogP) is 5.45. The lowest BCUT2D eigenvalue weighted by atomic mass is 9.90. The first-order valence-electron chi connectivity index (χ1n) is 8.74. The zero-order chi connectivity index (χ0) is 19.7. The summed E-state index contributed by atoms with van der Waals surface area (Å²) in [6.45, 7) is 0. The maximum atomic E-state index is 9.55. The molecule has 0 aliphatic rings.